The summed E-state index contributed by atoms with van der Waals surface area (Å²) < 4.78 is 11.2. The summed E-state index contributed by atoms with van der Waals surface area (Å²) in [6.45, 7) is 8.03. The van der Waals surface area contributed by atoms with Crippen molar-refractivity contribution >= 4 is 23.1 Å². The fourth-order valence-electron chi connectivity index (χ4n) is 4.88. The molecule has 0 radical (unpaired) electrons. The molecule has 1 saturated heterocycles. The Morgan fingerprint density at radius 1 is 1.10 bits per heavy atom. The molecule has 1 aliphatic rings. The molecule has 0 atom stereocenters. The zero-order valence-corrected chi connectivity index (χ0v) is 23.7. The molecule has 0 aliphatic carbocycles. The van der Waals surface area contributed by atoms with Crippen molar-refractivity contribution in [3.8, 4) is 5.75 Å². The van der Waals surface area contributed by atoms with E-state index in [0.717, 1.165) is 48.3 Å². The second-order valence-electron chi connectivity index (χ2n) is 10.4. The summed E-state index contributed by atoms with van der Waals surface area (Å²) >= 11 is 6.03. The molecular formula is C32H37ClN2O4. The zero-order valence-electron chi connectivity index (χ0n) is 22.9. The van der Waals surface area contributed by atoms with Crippen LogP contribution in [0.1, 0.15) is 56.7 Å². The molecule has 0 saturated carbocycles. The maximum absolute atomic E-state index is 12.3. The highest BCUT2D eigenvalue weighted by atomic mass is 35.5. The van der Waals surface area contributed by atoms with Gasteiger partial charge in [0.05, 0.1) is 12.2 Å². The molecule has 1 aromatic heterocycles. The molecule has 0 unspecified atom stereocenters. The van der Waals surface area contributed by atoms with Crippen LogP contribution in [0, 0.1) is 0 Å². The van der Waals surface area contributed by atoms with Gasteiger partial charge in [-0.25, -0.2) is 4.79 Å². The Morgan fingerprint density at radius 3 is 2.49 bits per heavy atom. The van der Waals surface area contributed by atoms with Gasteiger partial charge in [-0.3, -0.25) is 4.98 Å². The van der Waals surface area contributed by atoms with Crippen LogP contribution in [0.25, 0.3) is 5.57 Å². The number of esters is 1. The highest BCUT2D eigenvalue weighted by Gasteiger charge is 2.34. The van der Waals surface area contributed by atoms with Crippen LogP contribution in [0.2, 0.25) is 5.02 Å². The highest BCUT2D eigenvalue weighted by Crippen LogP contribution is 2.34. The summed E-state index contributed by atoms with van der Waals surface area (Å²) in [4.78, 5) is 19.1. The van der Waals surface area contributed by atoms with Gasteiger partial charge in [0.2, 0.25) is 0 Å². The van der Waals surface area contributed by atoms with E-state index in [1.165, 1.54) is 0 Å². The highest BCUT2D eigenvalue weighted by molar-refractivity contribution is 6.30. The molecule has 0 spiro atoms. The smallest absolute Gasteiger partial charge is 0.349 e. The molecule has 0 bridgehead atoms. The molecule has 1 aliphatic heterocycles. The zero-order chi connectivity index (χ0) is 27.9. The van der Waals surface area contributed by atoms with E-state index in [9.17, 15) is 9.90 Å². The van der Waals surface area contributed by atoms with Crippen molar-refractivity contribution in [1.82, 2.24) is 9.88 Å². The first kappa shape index (κ1) is 28.8. The predicted molar refractivity (Wildman–Crippen MR) is 155 cm³/mol. The lowest BCUT2D eigenvalue weighted by atomic mass is 9.84. The Bertz CT molecular complexity index is 1270. The molecule has 2 aromatic carbocycles. The second kappa shape index (κ2) is 12.8. The van der Waals surface area contributed by atoms with E-state index in [0.29, 0.717) is 30.2 Å². The minimum Gasteiger partial charge on any atom is -0.476 e. The molecule has 7 heteroatoms. The maximum atomic E-state index is 12.3. The van der Waals surface area contributed by atoms with E-state index < -0.39 is 17.2 Å². The van der Waals surface area contributed by atoms with Crippen LogP contribution < -0.4 is 4.74 Å². The second-order valence-corrected chi connectivity index (χ2v) is 10.8. The van der Waals surface area contributed by atoms with Crippen molar-refractivity contribution in [2.75, 3.05) is 26.2 Å². The summed E-state index contributed by atoms with van der Waals surface area (Å²) in [5.74, 6) is 0.195. The number of hydrogen-bond donors (Lipinski definition) is 1. The number of aliphatic hydroxyl groups is 1. The number of ether oxygens (including phenoxy) is 2. The average molecular weight is 549 g/mol. The van der Waals surface area contributed by atoms with Crippen molar-refractivity contribution in [2.24, 2.45) is 0 Å². The number of carbonyl (C=O) groups is 1. The van der Waals surface area contributed by atoms with Crippen LogP contribution in [-0.2, 0) is 15.1 Å². The van der Waals surface area contributed by atoms with Crippen LogP contribution in [0.15, 0.2) is 79.1 Å². The third-order valence-corrected chi connectivity index (χ3v) is 7.37. The molecule has 3 aromatic rings. The Labute approximate surface area is 236 Å². The van der Waals surface area contributed by atoms with E-state index >= 15 is 0 Å². The lowest BCUT2D eigenvalue weighted by molar-refractivity contribution is -0.158. The van der Waals surface area contributed by atoms with Crippen molar-refractivity contribution < 1.29 is 19.4 Å². The molecule has 4 rings (SSSR count). The van der Waals surface area contributed by atoms with E-state index in [4.69, 9.17) is 21.1 Å². The minimum atomic E-state index is -1.10. The first-order chi connectivity index (χ1) is 18.7. The number of likely N-dealkylation sites (tertiary alicyclic amines) is 1. The van der Waals surface area contributed by atoms with Gasteiger partial charge in [0.1, 0.15) is 5.75 Å². The third kappa shape index (κ3) is 7.47. The van der Waals surface area contributed by atoms with Crippen molar-refractivity contribution in [2.45, 2.75) is 51.2 Å². The van der Waals surface area contributed by atoms with Gasteiger partial charge in [0, 0.05) is 42.6 Å². The predicted octanol–water partition coefficient (Wildman–Crippen LogP) is 6.26. The number of halogens is 1. The summed E-state index contributed by atoms with van der Waals surface area (Å²) in [6, 6.07) is 19.3. The first-order valence-corrected chi connectivity index (χ1v) is 13.9. The summed E-state index contributed by atoms with van der Waals surface area (Å²) in [6.07, 6.45) is 8.05. The molecule has 39 heavy (non-hydrogen) atoms. The minimum absolute atomic E-state index is 0.303. The summed E-state index contributed by atoms with van der Waals surface area (Å²) in [7, 11) is 0. The summed E-state index contributed by atoms with van der Waals surface area (Å²) in [5.41, 5.74) is 2.06. The van der Waals surface area contributed by atoms with E-state index in [1.54, 1.807) is 27.0 Å². The average Bonchev–Trinajstić information content (AvgIpc) is 2.93. The van der Waals surface area contributed by atoms with Gasteiger partial charge in [-0.1, -0.05) is 48.0 Å². The molecule has 6 nitrogen and oxygen atoms in total. The number of rotatable bonds is 10. The standard InChI is InChI=1S/C32H37ClN2O4/c1-4-38-30(36)31(2,3)39-28-10-5-8-24(22-28)29(25-9-6-18-34-23-25)11-7-19-35-20-16-32(37,17-21-35)26-12-14-27(33)15-13-26/h5-6,8-15,18,22-23,37H,4,7,16-17,19-21H2,1-3H3/b29-11-. The van der Waals surface area contributed by atoms with Gasteiger partial charge in [-0.2, -0.15) is 0 Å². The van der Waals surface area contributed by atoms with Crippen LogP contribution in [0.4, 0.5) is 0 Å². The molecule has 1 fully saturated rings. The van der Waals surface area contributed by atoms with Gasteiger partial charge in [0.15, 0.2) is 5.60 Å². The third-order valence-electron chi connectivity index (χ3n) is 7.12. The molecule has 0 amide bonds. The largest absolute Gasteiger partial charge is 0.476 e. The van der Waals surface area contributed by atoms with Gasteiger partial charge in [-0.15, -0.1) is 0 Å². The summed E-state index contributed by atoms with van der Waals surface area (Å²) in [5, 5.41) is 11.9. The van der Waals surface area contributed by atoms with Crippen LogP contribution in [0.5, 0.6) is 5.75 Å². The van der Waals surface area contributed by atoms with Gasteiger partial charge < -0.3 is 19.5 Å². The SMILES string of the molecule is CCOC(=O)C(C)(C)Oc1cccc(/C(=C/CCN2CCC(O)(c3ccc(Cl)cc3)CC2)c2cccnc2)c1. The quantitative estimate of drug-likeness (QED) is 0.301. The number of benzene rings is 2. The van der Waals surface area contributed by atoms with E-state index in [2.05, 4.69) is 16.0 Å². The van der Waals surface area contributed by atoms with Crippen LogP contribution in [0.3, 0.4) is 0 Å². The molecule has 2 heterocycles. The Hall–Kier alpha value is -3.19. The number of piperidine rings is 1. The number of carbonyl (C=O) groups excluding carboxylic acids is 1. The lowest BCUT2D eigenvalue weighted by Crippen LogP contribution is -2.42. The van der Waals surface area contributed by atoms with Crippen LogP contribution in [-0.4, -0.2) is 52.8 Å². The van der Waals surface area contributed by atoms with Gasteiger partial charge in [0.25, 0.3) is 0 Å². The number of pyridine rings is 1. The van der Waals surface area contributed by atoms with Crippen molar-refractivity contribution in [3.05, 3.63) is 101 Å². The normalized spacial score (nSPS) is 16.1. The lowest BCUT2D eigenvalue weighted by Gasteiger charge is -2.38. The number of aromatic nitrogens is 1. The van der Waals surface area contributed by atoms with Crippen molar-refractivity contribution in [1.29, 1.82) is 0 Å². The van der Waals surface area contributed by atoms with Gasteiger partial charge >= 0.3 is 5.97 Å². The number of nitrogens with zero attached hydrogens (tertiary/aromatic N) is 2. The molecular weight excluding hydrogens is 512 g/mol. The van der Waals surface area contributed by atoms with Crippen molar-refractivity contribution in [3.63, 3.8) is 0 Å². The Balaban J connectivity index is 1.45. The maximum Gasteiger partial charge on any atom is 0.349 e. The Kier molecular flexibility index (Phi) is 9.44. The molecule has 206 valence electrons. The fraction of sp³-hybridized carbons (Fsp3) is 0.375. The number of hydrogen-bond acceptors (Lipinski definition) is 6. The Morgan fingerprint density at radius 2 is 1.82 bits per heavy atom. The first-order valence-electron chi connectivity index (χ1n) is 13.5. The van der Waals surface area contributed by atoms with Crippen LogP contribution >= 0.6 is 11.6 Å². The van der Waals surface area contributed by atoms with E-state index in [1.807, 2.05) is 66.9 Å². The monoisotopic (exact) mass is 548 g/mol. The molecule has 1 N–H and O–H groups in total. The van der Waals surface area contributed by atoms with Gasteiger partial charge in [-0.05, 0) is 87.1 Å². The van der Waals surface area contributed by atoms with E-state index in [-0.39, 0.29) is 0 Å². The fourth-order valence-corrected chi connectivity index (χ4v) is 5.01. The topological polar surface area (TPSA) is 71.9 Å².